The summed E-state index contributed by atoms with van der Waals surface area (Å²) in [7, 11) is 19.2. The number of rotatable bonds is 9. The molecule has 0 atom stereocenters. The number of ether oxygens (including phenoxy) is 3. The van der Waals surface area contributed by atoms with Crippen molar-refractivity contribution in [1.29, 1.82) is 0 Å². The average Bonchev–Trinajstić information content (AvgIpc) is 1.39. The number of fused-ring (bicyclic) bond motifs is 3. The lowest BCUT2D eigenvalue weighted by Crippen LogP contribution is -2.33. The number of pyridine rings is 5. The first-order chi connectivity index (χ1) is 53.3. The first-order valence-electron chi connectivity index (χ1n) is 37.0. The fourth-order valence-corrected chi connectivity index (χ4v) is 13.8. The molecule has 6 heterocycles. The van der Waals surface area contributed by atoms with Gasteiger partial charge in [0.15, 0.2) is 43.1 Å². The van der Waals surface area contributed by atoms with Gasteiger partial charge in [0.05, 0.1) is 58.7 Å². The third-order valence-corrected chi connectivity index (χ3v) is 20.4. The number of methoxy groups -OCH3 is 2. The van der Waals surface area contributed by atoms with Gasteiger partial charge in [-0.1, -0.05) is 103 Å². The summed E-state index contributed by atoms with van der Waals surface area (Å²) < 4.78 is 106. The van der Waals surface area contributed by atoms with Gasteiger partial charge in [0.2, 0.25) is 28.5 Å². The van der Waals surface area contributed by atoms with Crippen LogP contribution in [0.15, 0.2) is 255 Å². The molecule has 1 aliphatic heterocycles. The molecule has 5 aromatic heterocycles. The SMILES string of the molecule is COc1cc[n+](C)c(-c2c(C)cc(F)cc2F)c1.COc1ccc(C)c(-c2c3ccccc3cc[n+]2C)c1.Cc1cc(F)ccc1-c1ccc(C(F)(F)F)c[n+]1C.Cc1ccc(C)c(-c2c3ccccc3cc[n+]2C)c1.Cc1ccc(N(C)C)cc1-c1c2ccccc2cc[n+]1C.Cc1ccccc1C1=[N+](C)C(C)(C)CO1. The Bertz CT molecular complexity index is 5770. The molecule has 0 spiro atoms. The van der Waals surface area contributed by atoms with Crippen LogP contribution in [-0.2, 0) is 46.2 Å². The highest BCUT2D eigenvalue weighted by Crippen LogP contribution is 2.36. The second kappa shape index (κ2) is 35.8. The van der Waals surface area contributed by atoms with Crippen LogP contribution in [0.25, 0.3) is 88.6 Å². The van der Waals surface area contributed by atoms with E-state index in [4.69, 9.17) is 14.2 Å². The van der Waals surface area contributed by atoms with Gasteiger partial charge in [-0.15, -0.1) is 0 Å². The zero-order chi connectivity index (χ0) is 81.0. The number of likely N-dealkylation sites (N-methyl/N-ethyl adjacent to an activating group) is 1. The number of nitrogens with zero attached hydrogens (tertiary/aromatic N) is 7. The van der Waals surface area contributed by atoms with Crippen molar-refractivity contribution in [3.05, 3.63) is 323 Å². The third kappa shape index (κ3) is 19.2. The number of benzene rings is 9. The molecule has 0 fully saturated rings. The van der Waals surface area contributed by atoms with Crippen LogP contribution in [0.5, 0.6) is 11.5 Å². The van der Waals surface area contributed by atoms with E-state index in [0.717, 1.165) is 36.6 Å². The summed E-state index contributed by atoms with van der Waals surface area (Å²) in [6, 6.07) is 72.3. The molecule has 0 N–H and O–H groups in total. The molecule has 112 heavy (non-hydrogen) atoms. The highest BCUT2D eigenvalue weighted by Gasteiger charge is 2.41. The lowest BCUT2D eigenvalue weighted by atomic mass is 9.98. The maximum absolute atomic E-state index is 13.9. The summed E-state index contributed by atoms with van der Waals surface area (Å²) in [5.41, 5.74) is 19.4. The molecule has 9 aromatic carbocycles. The Morgan fingerprint density at radius 2 is 0.875 bits per heavy atom. The van der Waals surface area contributed by atoms with Crippen LogP contribution in [0, 0.1) is 65.9 Å². The third-order valence-electron chi connectivity index (χ3n) is 20.4. The summed E-state index contributed by atoms with van der Waals surface area (Å²) in [5, 5.41) is 7.68. The Morgan fingerprint density at radius 1 is 0.402 bits per heavy atom. The second-order valence-corrected chi connectivity index (χ2v) is 29.3. The van der Waals surface area contributed by atoms with Gasteiger partial charge in [-0.3, -0.25) is 0 Å². The van der Waals surface area contributed by atoms with E-state index in [9.17, 15) is 26.3 Å². The number of hydrogen-bond donors (Lipinski definition) is 0. The highest BCUT2D eigenvalue weighted by atomic mass is 19.4. The molecule has 15 rings (SSSR count). The van der Waals surface area contributed by atoms with Crippen molar-refractivity contribution in [2.75, 3.05) is 46.9 Å². The summed E-state index contributed by atoms with van der Waals surface area (Å²) in [6.45, 7) is 19.3. The van der Waals surface area contributed by atoms with Gasteiger partial charge in [0, 0.05) is 81.2 Å². The smallest absolute Gasteiger partial charge is 0.422 e. The van der Waals surface area contributed by atoms with E-state index in [2.05, 4.69) is 296 Å². The van der Waals surface area contributed by atoms with E-state index in [1.54, 1.807) is 64.1 Å². The number of aromatic nitrogens is 5. The topological polar surface area (TPSA) is 53.3 Å². The maximum atomic E-state index is 13.9. The molecule has 0 saturated heterocycles. The Balaban J connectivity index is 0.000000143. The van der Waals surface area contributed by atoms with Gasteiger partial charge in [-0.25, -0.2) is 36.0 Å². The van der Waals surface area contributed by atoms with Crippen molar-refractivity contribution in [3.8, 4) is 67.8 Å². The van der Waals surface area contributed by atoms with Crippen molar-refractivity contribution in [2.24, 2.45) is 35.2 Å². The zero-order valence-electron chi connectivity index (χ0n) is 67.6. The lowest BCUT2D eigenvalue weighted by Gasteiger charge is -2.15. The fourth-order valence-electron chi connectivity index (χ4n) is 13.8. The summed E-state index contributed by atoms with van der Waals surface area (Å²) in [5.74, 6) is 1.01. The Morgan fingerprint density at radius 3 is 1.37 bits per heavy atom. The molecule has 0 radical (unpaired) electrons. The molecule has 0 bridgehead atoms. The van der Waals surface area contributed by atoms with E-state index >= 15 is 0 Å². The van der Waals surface area contributed by atoms with Crippen molar-refractivity contribution >= 4 is 43.9 Å². The summed E-state index contributed by atoms with van der Waals surface area (Å²) in [6.07, 6.45) is 4.82. The monoisotopic (exact) mass is 1510 g/mol. The summed E-state index contributed by atoms with van der Waals surface area (Å²) in [4.78, 5) is 2.15. The Kier molecular flexibility index (Phi) is 26.3. The molecule has 16 heteroatoms. The van der Waals surface area contributed by atoms with Gasteiger partial charge in [0.1, 0.15) is 76.8 Å². The molecule has 574 valence electrons. The van der Waals surface area contributed by atoms with Crippen LogP contribution in [0.2, 0.25) is 0 Å². The Hall–Kier alpha value is -12.0. The zero-order valence-corrected chi connectivity index (χ0v) is 67.6. The number of alkyl halides is 3. The van der Waals surface area contributed by atoms with E-state index < -0.39 is 23.4 Å². The fraction of sp³-hybridized carbons (Fsp3) is 0.229. The van der Waals surface area contributed by atoms with E-state index in [-0.39, 0.29) is 11.4 Å². The van der Waals surface area contributed by atoms with Crippen molar-refractivity contribution < 1.29 is 68.0 Å². The van der Waals surface area contributed by atoms with Crippen LogP contribution < -0.4 is 37.2 Å². The van der Waals surface area contributed by atoms with Gasteiger partial charge >= 0.3 is 12.1 Å². The number of aryl methyl sites for hydroxylation is 12. The minimum absolute atomic E-state index is 0.0949. The largest absolute Gasteiger partial charge is 0.497 e. The quantitative estimate of drug-likeness (QED) is 0.107. The van der Waals surface area contributed by atoms with Crippen molar-refractivity contribution in [1.82, 2.24) is 0 Å². The van der Waals surface area contributed by atoms with Crippen molar-refractivity contribution in [3.63, 3.8) is 0 Å². The normalized spacial score (nSPS) is 12.0. The lowest BCUT2D eigenvalue weighted by molar-refractivity contribution is -0.661. The second-order valence-electron chi connectivity index (χ2n) is 29.3. The van der Waals surface area contributed by atoms with Gasteiger partial charge < -0.3 is 19.1 Å². The molecule has 10 nitrogen and oxygen atoms in total. The van der Waals surface area contributed by atoms with Crippen LogP contribution in [0.4, 0.5) is 32.0 Å². The average molecular weight is 1510 g/mol. The van der Waals surface area contributed by atoms with Gasteiger partial charge in [-0.05, 0) is 183 Å². The number of hydrogen-bond acceptors (Lipinski definition) is 4. The van der Waals surface area contributed by atoms with Crippen LogP contribution >= 0.6 is 0 Å². The molecule has 1 aliphatic rings. The summed E-state index contributed by atoms with van der Waals surface area (Å²) >= 11 is 0. The Labute approximate surface area is 655 Å². The first-order valence-corrected chi connectivity index (χ1v) is 37.0. The minimum Gasteiger partial charge on any atom is -0.497 e. The van der Waals surface area contributed by atoms with Crippen LogP contribution in [0.3, 0.4) is 0 Å². The number of anilines is 1. The highest BCUT2D eigenvalue weighted by molar-refractivity contribution is 5.96. The predicted molar refractivity (Wildman–Crippen MR) is 440 cm³/mol. The van der Waals surface area contributed by atoms with Crippen molar-refractivity contribution in [2.45, 2.75) is 74.0 Å². The number of halogens is 6. The molecule has 0 saturated carbocycles. The minimum atomic E-state index is -4.37. The predicted octanol–water partition coefficient (Wildman–Crippen LogP) is 19.9. The molecule has 0 amide bonds. The molecular formula is C96H101F6N7O3+6. The maximum Gasteiger partial charge on any atom is 0.422 e. The molecular weight excluding hydrogens is 1410 g/mol. The molecule has 0 aliphatic carbocycles. The van der Waals surface area contributed by atoms with Crippen LogP contribution in [-0.4, -0.2) is 58.0 Å². The van der Waals surface area contributed by atoms with E-state index in [1.807, 2.05) is 6.07 Å². The van der Waals surface area contributed by atoms with E-state index in [1.165, 1.54) is 141 Å². The van der Waals surface area contributed by atoms with E-state index in [0.29, 0.717) is 39.4 Å². The van der Waals surface area contributed by atoms with Gasteiger partial charge in [0.25, 0.3) is 0 Å². The van der Waals surface area contributed by atoms with Crippen LogP contribution in [0.1, 0.15) is 63.9 Å². The molecule has 14 aromatic rings. The standard InChI is InChI=1S/C19H21N2.C18H18NO.C18H18N.C14H12F4N.C14H14F2NO.C13H18NO/c1-14-9-10-16(20(2)3)13-18(14)19-17-8-6-5-7-15(17)11-12-21(19)4;1-13-8-9-15(20-3)12-17(13)18-16-7-5-4-6-14(16)10-11-19(18)2;1-13-8-9-14(2)17(12-13)18-16-7-5-4-6-15(16)10-11-19(18)3;1-9-7-11(15)4-5-12(9)13-6-3-10(8-19(13)2)14(16,17)18;1-9-6-10(15)7-12(16)14(9)13-8-11(18-3)4-5-17(13)2;1-10-7-5-6-8-11(10)12-14(4)13(2,3)9-15-12/h5-13H,1-4H3;4-12H,1-3H3;4-12H,1-3H3;3-8H,1-2H3;4-8H,1-3H3;5-8H,9H2,1-4H3/q6*+1. The molecule has 0 unspecified atom stereocenters. The first kappa shape index (κ1) is 82.5. The van der Waals surface area contributed by atoms with Gasteiger partial charge in [-0.2, -0.15) is 17.7 Å².